The molecular formula is C13H12BrN3O3. The van der Waals surface area contributed by atoms with E-state index in [0.717, 1.165) is 11.3 Å². The highest BCUT2D eigenvalue weighted by molar-refractivity contribution is 9.10. The monoisotopic (exact) mass is 337 g/mol. The van der Waals surface area contributed by atoms with Gasteiger partial charge in [0.25, 0.3) is 5.91 Å². The average Bonchev–Trinajstić information content (AvgIpc) is 2.73. The molecule has 104 valence electrons. The summed E-state index contributed by atoms with van der Waals surface area (Å²) >= 11 is 3.31. The number of carbonyl (C=O) groups is 1. The van der Waals surface area contributed by atoms with Crippen molar-refractivity contribution in [3.8, 4) is 5.75 Å². The first-order valence-electron chi connectivity index (χ1n) is 6.07. The van der Waals surface area contributed by atoms with Crippen LogP contribution in [-0.4, -0.2) is 22.7 Å². The highest BCUT2D eigenvalue weighted by Crippen LogP contribution is 2.33. The van der Waals surface area contributed by atoms with E-state index in [1.807, 2.05) is 13.8 Å². The summed E-state index contributed by atoms with van der Waals surface area (Å²) in [6.07, 6.45) is 0. The third-order valence-corrected chi connectivity index (χ3v) is 3.65. The van der Waals surface area contributed by atoms with Crippen LogP contribution in [0.15, 0.2) is 21.3 Å². The van der Waals surface area contributed by atoms with Crippen LogP contribution in [0.4, 0.5) is 5.82 Å². The molecule has 7 heteroatoms. The molecule has 2 aromatic heterocycles. The zero-order valence-corrected chi connectivity index (χ0v) is 12.6. The predicted molar refractivity (Wildman–Crippen MR) is 74.6 cm³/mol. The van der Waals surface area contributed by atoms with Gasteiger partial charge in [-0.1, -0.05) is 5.16 Å². The minimum Gasteiger partial charge on any atom is -0.480 e. The summed E-state index contributed by atoms with van der Waals surface area (Å²) < 4.78 is 11.2. The summed E-state index contributed by atoms with van der Waals surface area (Å²) in [6, 6.07) is 3.57. The van der Waals surface area contributed by atoms with Crippen molar-refractivity contribution in [1.82, 2.24) is 10.1 Å². The van der Waals surface area contributed by atoms with Gasteiger partial charge >= 0.3 is 0 Å². The van der Waals surface area contributed by atoms with E-state index in [1.54, 1.807) is 17.0 Å². The van der Waals surface area contributed by atoms with Gasteiger partial charge in [0, 0.05) is 5.56 Å². The Morgan fingerprint density at radius 2 is 2.20 bits per heavy atom. The lowest BCUT2D eigenvalue weighted by Crippen LogP contribution is -2.39. The maximum absolute atomic E-state index is 12.1. The first-order valence-corrected chi connectivity index (χ1v) is 6.87. The number of aromatic nitrogens is 2. The Bertz CT molecular complexity index is 664. The van der Waals surface area contributed by atoms with Crippen molar-refractivity contribution in [3.05, 3.63) is 33.8 Å². The second kappa shape index (κ2) is 4.90. The van der Waals surface area contributed by atoms with E-state index in [1.165, 1.54) is 0 Å². The van der Waals surface area contributed by atoms with Gasteiger partial charge in [0.2, 0.25) is 0 Å². The zero-order chi connectivity index (χ0) is 14.3. The molecule has 1 amide bonds. The van der Waals surface area contributed by atoms with Crippen LogP contribution in [0.5, 0.6) is 5.75 Å². The van der Waals surface area contributed by atoms with Crippen LogP contribution in [0.25, 0.3) is 0 Å². The summed E-state index contributed by atoms with van der Waals surface area (Å²) in [5, 5.41) is 3.91. The maximum atomic E-state index is 12.1. The first-order chi connectivity index (χ1) is 9.56. The van der Waals surface area contributed by atoms with Gasteiger partial charge in [-0.25, -0.2) is 4.98 Å². The van der Waals surface area contributed by atoms with Crippen LogP contribution in [0, 0.1) is 13.8 Å². The van der Waals surface area contributed by atoms with E-state index in [0.29, 0.717) is 28.5 Å². The van der Waals surface area contributed by atoms with Crippen molar-refractivity contribution in [2.24, 2.45) is 0 Å². The van der Waals surface area contributed by atoms with Crippen molar-refractivity contribution >= 4 is 27.7 Å². The van der Waals surface area contributed by atoms with E-state index in [-0.39, 0.29) is 12.5 Å². The number of anilines is 1. The quantitative estimate of drug-likeness (QED) is 0.787. The standard InChI is InChI=1S/C13H12BrN3O3/c1-7-9(8(2)20-16-7)5-17-12(18)6-19-10-3-4-11(14)15-13(10)17/h3-4H,5-6H2,1-2H3. The molecule has 0 bridgehead atoms. The molecule has 2 aromatic rings. The molecule has 0 fully saturated rings. The molecule has 0 spiro atoms. The van der Waals surface area contributed by atoms with Crippen molar-refractivity contribution < 1.29 is 14.1 Å². The fraction of sp³-hybridized carbons (Fsp3) is 0.308. The van der Waals surface area contributed by atoms with E-state index >= 15 is 0 Å². The Hall–Kier alpha value is -1.89. The summed E-state index contributed by atoms with van der Waals surface area (Å²) in [4.78, 5) is 18.0. The van der Waals surface area contributed by atoms with E-state index < -0.39 is 0 Å². The van der Waals surface area contributed by atoms with Crippen LogP contribution in [-0.2, 0) is 11.3 Å². The Morgan fingerprint density at radius 3 is 2.90 bits per heavy atom. The zero-order valence-electron chi connectivity index (χ0n) is 11.0. The Labute approximate surface area is 123 Å². The van der Waals surface area contributed by atoms with Gasteiger partial charge in [0.05, 0.1) is 12.2 Å². The van der Waals surface area contributed by atoms with E-state index in [4.69, 9.17) is 9.26 Å². The number of pyridine rings is 1. The molecular weight excluding hydrogens is 326 g/mol. The van der Waals surface area contributed by atoms with Gasteiger partial charge < -0.3 is 9.26 Å². The third-order valence-electron chi connectivity index (χ3n) is 3.21. The fourth-order valence-electron chi connectivity index (χ4n) is 2.10. The summed E-state index contributed by atoms with van der Waals surface area (Å²) in [6.45, 7) is 4.07. The number of carbonyl (C=O) groups excluding carboxylic acids is 1. The van der Waals surface area contributed by atoms with Gasteiger partial charge in [-0.05, 0) is 41.9 Å². The lowest BCUT2D eigenvalue weighted by atomic mass is 10.2. The number of rotatable bonds is 2. The van der Waals surface area contributed by atoms with Gasteiger partial charge in [0.1, 0.15) is 10.4 Å². The first kappa shape index (κ1) is 13.1. The van der Waals surface area contributed by atoms with Crippen LogP contribution in [0.3, 0.4) is 0 Å². The molecule has 1 aliphatic heterocycles. The normalized spacial score (nSPS) is 14.2. The van der Waals surface area contributed by atoms with Crippen LogP contribution < -0.4 is 9.64 Å². The van der Waals surface area contributed by atoms with Crippen molar-refractivity contribution in [2.75, 3.05) is 11.5 Å². The number of fused-ring (bicyclic) bond motifs is 1. The van der Waals surface area contributed by atoms with E-state index in [9.17, 15) is 4.79 Å². The molecule has 0 atom stereocenters. The highest BCUT2D eigenvalue weighted by atomic mass is 79.9. The number of halogens is 1. The third kappa shape index (κ3) is 2.18. The van der Waals surface area contributed by atoms with Crippen LogP contribution >= 0.6 is 15.9 Å². The lowest BCUT2D eigenvalue weighted by molar-refractivity contribution is -0.121. The smallest absolute Gasteiger partial charge is 0.266 e. The van der Waals surface area contributed by atoms with Gasteiger partial charge in [0.15, 0.2) is 18.2 Å². The molecule has 6 nitrogen and oxygen atoms in total. The fourth-order valence-corrected chi connectivity index (χ4v) is 2.40. The number of hydrogen-bond acceptors (Lipinski definition) is 5. The minimum absolute atomic E-state index is 0.0136. The second-order valence-corrected chi connectivity index (χ2v) is 5.34. The molecule has 3 rings (SSSR count). The van der Waals surface area contributed by atoms with E-state index in [2.05, 4.69) is 26.1 Å². The topological polar surface area (TPSA) is 68.5 Å². The van der Waals surface area contributed by atoms with Gasteiger partial charge in [-0.15, -0.1) is 0 Å². The Morgan fingerprint density at radius 1 is 1.40 bits per heavy atom. The lowest BCUT2D eigenvalue weighted by Gasteiger charge is -2.28. The maximum Gasteiger partial charge on any atom is 0.266 e. The molecule has 0 unspecified atom stereocenters. The number of ether oxygens (including phenoxy) is 1. The average molecular weight is 338 g/mol. The summed E-state index contributed by atoms with van der Waals surface area (Å²) in [5.74, 6) is 1.68. The molecule has 0 saturated carbocycles. The summed E-state index contributed by atoms with van der Waals surface area (Å²) in [7, 11) is 0. The number of amides is 1. The number of aryl methyl sites for hydroxylation is 2. The molecule has 0 saturated heterocycles. The number of hydrogen-bond donors (Lipinski definition) is 0. The SMILES string of the molecule is Cc1noc(C)c1CN1C(=O)COc2ccc(Br)nc21. The minimum atomic E-state index is -0.136. The second-order valence-electron chi connectivity index (χ2n) is 4.53. The molecule has 0 aliphatic carbocycles. The van der Waals surface area contributed by atoms with Crippen molar-refractivity contribution in [1.29, 1.82) is 0 Å². The molecule has 20 heavy (non-hydrogen) atoms. The summed E-state index contributed by atoms with van der Waals surface area (Å²) in [5.41, 5.74) is 1.67. The largest absolute Gasteiger partial charge is 0.480 e. The van der Waals surface area contributed by atoms with Gasteiger partial charge in [-0.2, -0.15) is 0 Å². The molecule has 1 aliphatic rings. The molecule has 3 heterocycles. The molecule has 0 aromatic carbocycles. The van der Waals surface area contributed by atoms with Crippen molar-refractivity contribution in [2.45, 2.75) is 20.4 Å². The van der Waals surface area contributed by atoms with Crippen molar-refractivity contribution in [3.63, 3.8) is 0 Å². The molecule has 0 radical (unpaired) electrons. The molecule has 0 N–H and O–H groups in total. The Kier molecular flexibility index (Phi) is 3.21. The predicted octanol–water partition coefficient (Wildman–Crippen LogP) is 2.37. The number of nitrogens with zero attached hydrogens (tertiary/aromatic N) is 3. The highest BCUT2D eigenvalue weighted by Gasteiger charge is 2.28. The van der Waals surface area contributed by atoms with Crippen LogP contribution in [0.2, 0.25) is 0 Å². The van der Waals surface area contributed by atoms with Gasteiger partial charge in [-0.3, -0.25) is 9.69 Å². The Balaban J connectivity index is 2.01. The van der Waals surface area contributed by atoms with Crippen LogP contribution in [0.1, 0.15) is 17.0 Å².